The molecule has 3 rings (SSSR count). The predicted molar refractivity (Wildman–Crippen MR) is 74.2 cm³/mol. The molecule has 0 aromatic heterocycles. The Morgan fingerprint density at radius 3 is 2.89 bits per heavy atom. The van der Waals surface area contributed by atoms with Crippen molar-refractivity contribution in [2.45, 2.75) is 31.8 Å². The molecule has 1 aliphatic carbocycles. The van der Waals surface area contributed by atoms with Gasteiger partial charge in [-0.2, -0.15) is 0 Å². The van der Waals surface area contributed by atoms with Gasteiger partial charge in [-0.1, -0.05) is 6.07 Å². The van der Waals surface area contributed by atoms with Gasteiger partial charge in [-0.15, -0.1) is 12.4 Å². The van der Waals surface area contributed by atoms with Crippen molar-refractivity contribution >= 4 is 12.4 Å². The molecule has 18 heavy (non-hydrogen) atoms. The van der Waals surface area contributed by atoms with Crippen molar-refractivity contribution in [3.63, 3.8) is 0 Å². The van der Waals surface area contributed by atoms with Crippen LogP contribution in [0.2, 0.25) is 0 Å². The van der Waals surface area contributed by atoms with Gasteiger partial charge >= 0.3 is 0 Å². The van der Waals surface area contributed by atoms with Crippen LogP contribution in [0.4, 0.5) is 0 Å². The second-order valence-electron chi connectivity index (χ2n) is 4.82. The van der Waals surface area contributed by atoms with E-state index in [1.54, 1.807) is 7.11 Å². The third-order valence-corrected chi connectivity index (χ3v) is 3.71. The minimum Gasteiger partial charge on any atom is -0.493 e. The highest BCUT2D eigenvalue weighted by Gasteiger charge is 2.23. The molecule has 1 aromatic rings. The Labute approximate surface area is 114 Å². The Bertz CT molecular complexity index is 417. The number of hydrogen-bond acceptors (Lipinski definition) is 3. The highest BCUT2D eigenvalue weighted by atomic mass is 35.5. The molecule has 0 bridgehead atoms. The zero-order valence-corrected chi connectivity index (χ0v) is 11.5. The summed E-state index contributed by atoms with van der Waals surface area (Å²) in [4.78, 5) is 0. The number of methoxy groups -OCH3 is 1. The van der Waals surface area contributed by atoms with Gasteiger partial charge in [0.1, 0.15) is 6.10 Å². The molecule has 0 amide bonds. The van der Waals surface area contributed by atoms with Gasteiger partial charge < -0.3 is 14.8 Å². The molecule has 4 heteroatoms. The first-order valence-electron chi connectivity index (χ1n) is 6.44. The largest absolute Gasteiger partial charge is 0.493 e. The zero-order valence-electron chi connectivity index (χ0n) is 10.7. The van der Waals surface area contributed by atoms with Gasteiger partial charge in [-0.25, -0.2) is 0 Å². The third-order valence-electron chi connectivity index (χ3n) is 3.71. The molecule has 1 fully saturated rings. The van der Waals surface area contributed by atoms with Gasteiger partial charge in [0.15, 0.2) is 11.5 Å². The Kier molecular flexibility index (Phi) is 4.36. The van der Waals surface area contributed by atoms with E-state index in [1.165, 1.54) is 24.0 Å². The van der Waals surface area contributed by atoms with Crippen molar-refractivity contribution in [2.24, 2.45) is 0 Å². The molecule has 0 radical (unpaired) electrons. The molecule has 0 unspecified atom stereocenters. The van der Waals surface area contributed by atoms with E-state index in [9.17, 15) is 0 Å². The first-order valence-corrected chi connectivity index (χ1v) is 6.44. The van der Waals surface area contributed by atoms with Crippen LogP contribution in [0.5, 0.6) is 11.5 Å². The summed E-state index contributed by atoms with van der Waals surface area (Å²) in [5.41, 5.74) is 2.81. The lowest BCUT2D eigenvalue weighted by atomic mass is 10.1. The van der Waals surface area contributed by atoms with Crippen LogP contribution in [0.3, 0.4) is 0 Å². The fraction of sp³-hybridized carbons (Fsp3) is 0.571. The van der Waals surface area contributed by atoms with Crippen LogP contribution in [-0.4, -0.2) is 26.3 Å². The summed E-state index contributed by atoms with van der Waals surface area (Å²) in [7, 11) is 1.72. The van der Waals surface area contributed by atoms with E-state index in [0.717, 1.165) is 37.4 Å². The Hall–Kier alpha value is -0.930. The average molecular weight is 270 g/mol. The van der Waals surface area contributed by atoms with E-state index >= 15 is 0 Å². The number of halogens is 1. The maximum absolute atomic E-state index is 6.15. The topological polar surface area (TPSA) is 30.5 Å². The zero-order chi connectivity index (χ0) is 11.7. The van der Waals surface area contributed by atoms with Crippen LogP contribution < -0.4 is 14.8 Å². The molecule has 1 aromatic carbocycles. The number of ether oxygens (including phenoxy) is 2. The summed E-state index contributed by atoms with van der Waals surface area (Å²) in [6, 6.07) is 4.22. The predicted octanol–water partition coefficient (Wildman–Crippen LogP) is 2.35. The van der Waals surface area contributed by atoms with Crippen LogP contribution in [0.15, 0.2) is 12.1 Å². The van der Waals surface area contributed by atoms with E-state index in [4.69, 9.17) is 9.47 Å². The number of rotatable bonds is 3. The van der Waals surface area contributed by atoms with Gasteiger partial charge in [0.25, 0.3) is 0 Å². The van der Waals surface area contributed by atoms with E-state index in [0.29, 0.717) is 6.10 Å². The van der Waals surface area contributed by atoms with E-state index < -0.39 is 0 Å². The fourth-order valence-electron chi connectivity index (χ4n) is 2.80. The molecule has 3 nitrogen and oxygen atoms in total. The summed E-state index contributed by atoms with van der Waals surface area (Å²) in [5, 5.41) is 3.33. The average Bonchev–Trinajstić information content (AvgIpc) is 2.99. The van der Waals surface area contributed by atoms with Crippen molar-refractivity contribution in [3.05, 3.63) is 23.3 Å². The number of benzene rings is 1. The van der Waals surface area contributed by atoms with Crippen molar-refractivity contribution in [3.8, 4) is 11.5 Å². The molecule has 1 aliphatic heterocycles. The highest BCUT2D eigenvalue weighted by molar-refractivity contribution is 5.85. The molecular formula is C14H20ClNO2. The number of hydrogen-bond donors (Lipinski definition) is 1. The number of fused-ring (bicyclic) bond motifs is 1. The first-order chi connectivity index (χ1) is 8.38. The summed E-state index contributed by atoms with van der Waals surface area (Å²) < 4.78 is 11.6. The van der Waals surface area contributed by atoms with Crippen molar-refractivity contribution in [1.82, 2.24) is 5.32 Å². The van der Waals surface area contributed by atoms with Gasteiger partial charge in [-0.05, 0) is 43.9 Å². The number of nitrogens with one attached hydrogen (secondary N) is 1. The second kappa shape index (κ2) is 5.81. The lowest BCUT2D eigenvalue weighted by molar-refractivity contribution is 0.210. The van der Waals surface area contributed by atoms with E-state index in [-0.39, 0.29) is 12.4 Å². The van der Waals surface area contributed by atoms with Crippen LogP contribution in [0, 0.1) is 0 Å². The van der Waals surface area contributed by atoms with Crippen LogP contribution in [0.1, 0.15) is 24.0 Å². The third kappa shape index (κ3) is 2.43. The minimum absolute atomic E-state index is 0. The molecule has 1 heterocycles. The van der Waals surface area contributed by atoms with Crippen LogP contribution in [0.25, 0.3) is 0 Å². The maximum atomic E-state index is 6.15. The summed E-state index contributed by atoms with van der Waals surface area (Å²) in [6.07, 6.45) is 4.94. The Morgan fingerprint density at radius 2 is 2.17 bits per heavy atom. The van der Waals surface area contributed by atoms with E-state index in [2.05, 4.69) is 11.4 Å². The molecular weight excluding hydrogens is 250 g/mol. The van der Waals surface area contributed by atoms with Crippen molar-refractivity contribution in [1.29, 1.82) is 0 Å². The monoisotopic (exact) mass is 269 g/mol. The molecule has 1 saturated heterocycles. The molecule has 100 valence electrons. The van der Waals surface area contributed by atoms with Gasteiger partial charge in [-0.3, -0.25) is 0 Å². The SMILES string of the molecule is COc1ccc2c(c1O[C@H]1CCNC1)CCC2.Cl. The van der Waals surface area contributed by atoms with Gasteiger partial charge in [0.05, 0.1) is 7.11 Å². The van der Waals surface area contributed by atoms with Crippen molar-refractivity contribution in [2.75, 3.05) is 20.2 Å². The molecule has 0 saturated carbocycles. The van der Waals surface area contributed by atoms with Crippen LogP contribution in [-0.2, 0) is 12.8 Å². The molecule has 1 atom stereocenters. The summed E-state index contributed by atoms with van der Waals surface area (Å²) in [5.74, 6) is 1.88. The van der Waals surface area contributed by atoms with Crippen LogP contribution >= 0.6 is 12.4 Å². The summed E-state index contributed by atoms with van der Waals surface area (Å²) in [6.45, 7) is 2.01. The highest BCUT2D eigenvalue weighted by Crippen LogP contribution is 2.39. The maximum Gasteiger partial charge on any atom is 0.165 e. The van der Waals surface area contributed by atoms with Crippen molar-refractivity contribution < 1.29 is 9.47 Å². The number of aryl methyl sites for hydroxylation is 1. The first kappa shape index (κ1) is 13.5. The summed E-state index contributed by atoms with van der Waals surface area (Å²) >= 11 is 0. The quantitative estimate of drug-likeness (QED) is 0.914. The normalized spacial score (nSPS) is 21.3. The standard InChI is InChI=1S/C14H19NO2.ClH/c1-16-13-6-5-10-3-2-4-12(10)14(13)17-11-7-8-15-9-11;/h5-6,11,15H,2-4,7-9H2,1H3;1H/t11-;/m0./s1. The smallest absolute Gasteiger partial charge is 0.165 e. The van der Waals surface area contributed by atoms with Gasteiger partial charge in [0, 0.05) is 12.1 Å². The molecule has 1 N–H and O–H groups in total. The molecule has 2 aliphatic rings. The molecule has 0 spiro atoms. The van der Waals surface area contributed by atoms with E-state index in [1.807, 2.05) is 6.07 Å². The van der Waals surface area contributed by atoms with Gasteiger partial charge in [0.2, 0.25) is 0 Å². The second-order valence-corrected chi connectivity index (χ2v) is 4.82. The Balaban J connectivity index is 0.00000120. The lowest BCUT2D eigenvalue weighted by Gasteiger charge is -2.18. The Morgan fingerprint density at radius 1 is 1.28 bits per heavy atom. The minimum atomic E-state index is 0. The lowest BCUT2D eigenvalue weighted by Crippen LogP contribution is -2.20. The fourth-order valence-corrected chi connectivity index (χ4v) is 2.80.